The van der Waals surface area contributed by atoms with Crippen molar-refractivity contribution in [2.45, 2.75) is 12.8 Å². The molecule has 0 unspecified atom stereocenters. The first-order valence-electron chi connectivity index (χ1n) is 8.94. The molecule has 6 nitrogen and oxygen atoms in total. The standard InChI is InChI=1S/C21H17N3O3S2/c1-27-19(26)14-8-6-13(7-9-14)18(25)23-20(28)24-21-22-17-15-5-3-2-4-12(15)10-11-16(17)29-21/h2-9H,10-11H2,1H3,(H2,22,23,24,25,28). The number of nitrogens with one attached hydrogen (secondary N) is 2. The number of aromatic nitrogens is 1. The van der Waals surface area contributed by atoms with Gasteiger partial charge < -0.3 is 10.1 Å². The van der Waals surface area contributed by atoms with Gasteiger partial charge in [-0.25, -0.2) is 9.78 Å². The van der Waals surface area contributed by atoms with E-state index in [4.69, 9.17) is 12.2 Å². The van der Waals surface area contributed by atoms with Gasteiger partial charge in [0.2, 0.25) is 0 Å². The van der Waals surface area contributed by atoms with E-state index < -0.39 is 5.97 Å². The Labute approximate surface area is 176 Å². The van der Waals surface area contributed by atoms with Crippen molar-refractivity contribution in [1.29, 1.82) is 0 Å². The van der Waals surface area contributed by atoms with Crippen LogP contribution in [0.3, 0.4) is 0 Å². The smallest absolute Gasteiger partial charge is 0.337 e. The van der Waals surface area contributed by atoms with E-state index in [9.17, 15) is 9.59 Å². The zero-order valence-electron chi connectivity index (χ0n) is 15.5. The van der Waals surface area contributed by atoms with Crippen molar-refractivity contribution in [3.05, 3.63) is 70.1 Å². The number of thiazole rings is 1. The number of amides is 1. The molecule has 146 valence electrons. The summed E-state index contributed by atoms with van der Waals surface area (Å²) < 4.78 is 4.65. The van der Waals surface area contributed by atoms with Crippen molar-refractivity contribution in [2.24, 2.45) is 0 Å². The summed E-state index contributed by atoms with van der Waals surface area (Å²) in [6.07, 6.45) is 1.94. The molecular formula is C21H17N3O3S2. The number of anilines is 1. The maximum atomic E-state index is 12.4. The molecule has 0 saturated carbocycles. The number of aryl methyl sites for hydroxylation is 2. The average molecular weight is 424 g/mol. The van der Waals surface area contributed by atoms with Gasteiger partial charge in [-0.3, -0.25) is 10.1 Å². The lowest BCUT2D eigenvalue weighted by atomic mass is 9.94. The first kappa shape index (κ1) is 19.2. The minimum absolute atomic E-state index is 0.173. The Balaban J connectivity index is 1.42. The second-order valence-corrected chi connectivity index (χ2v) is 7.92. The number of fused-ring (bicyclic) bond motifs is 3. The Bertz CT molecular complexity index is 1110. The number of thiocarbonyl (C=S) groups is 1. The van der Waals surface area contributed by atoms with Crippen molar-refractivity contribution in [2.75, 3.05) is 12.4 Å². The van der Waals surface area contributed by atoms with Gasteiger partial charge in [-0.2, -0.15) is 0 Å². The third kappa shape index (κ3) is 4.03. The van der Waals surface area contributed by atoms with Gasteiger partial charge in [0.15, 0.2) is 10.2 Å². The van der Waals surface area contributed by atoms with Crippen molar-refractivity contribution < 1.29 is 14.3 Å². The molecule has 29 heavy (non-hydrogen) atoms. The maximum absolute atomic E-state index is 12.4. The highest BCUT2D eigenvalue weighted by Gasteiger charge is 2.21. The lowest BCUT2D eigenvalue weighted by Gasteiger charge is -2.13. The molecular weight excluding hydrogens is 406 g/mol. The number of benzene rings is 2. The van der Waals surface area contributed by atoms with E-state index in [1.54, 1.807) is 23.5 Å². The summed E-state index contributed by atoms with van der Waals surface area (Å²) >= 11 is 6.81. The Kier molecular flexibility index (Phi) is 5.37. The third-order valence-electron chi connectivity index (χ3n) is 4.61. The first-order chi connectivity index (χ1) is 14.0. The number of carbonyl (C=O) groups excluding carboxylic acids is 2. The Morgan fingerprint density at radius 2 is 1.79 bits per heavy atom. The van der Waals surface area contributed by atoms with E-state index in [2.05, 4.69) is 32.5 Å². The number of carbonyl (C=O) groups is 2. The molecule has 2 N–H and O–H groups in total. The van der Waals surface area contributed by atoms with Crippen molar-refractivity contribution in [3.8, 4) is 11.3 Å². The zero-order valence-corrected chi connectivity index (χ0v) is 17.2. The summed E-state index contributed by atoms with van der Waals surface area (Å²) in [5.41, 5.74) is 4.18. The summed E-state index contributed by atoms with van der Waals surface area (Å²) in [7, 11) is 1.31. The van der Waals surface area contributed by atoms with Crippen molar-refractivity contribution >= 4 is 45.7 Å². The Hall–Kier alpha value is -3.10. The normalized spacial score (nSPS) is 11.8. The van der Waals surface area contributed by atoms with Gasteiger partial charge in [0.25, 0.3) is 5.91 Å². The van der Waals surface area contributed by atoms with E-state index in [-0.39, 0.29) is 11.0 Å². The molecule has 0 atom stereocenters. The van der Waals surface area contributed by atoms with Crippen LogP contribution in [0.2, 0.25) is 0 Å². The van der Waals surface area contributed by atoms with E-state index in [0.717, 1.165) is 24.1 Å². The van der Waals surface area contributed by atoms with Crippen LogP contribution >= 0.6 is 23.6 Å². The predicted molar refractivity (Wildman–Crippen MR) is 116 cm³/mol. The SMILES string of the molecule is COC(=O)c1ccc(C(=O)NC(=S)Nc2nc3c(s2)CCc2ccccc2-3)cc1. The van der Waals surface area contributed by atoms with E-state index in [1.807, 2.05) is 12.1 Å². The molecule has 1 aliphatic carbocycles. The van der Waals surface area contributed by atoms with Crippen LogP contribution in [0.4, 0.5) is 5.13 Å². The third-order valence-corrected chi connectivity index (χ3v) is 5.84. The highest BCUT2D eigenvalue weighted by atomic mass is 32.1. The Morgan fingerprint density at radius 3 is 2.55 bits per heavy atom. The minimum atomic E-state index is -0.455. The molecule has 0 fully saturated rings. The Morgan fingerprint density at radius 1 is 1.07 bits per heavy atom. The first-order valence-corrected chi connectivity index (χ1v) is 10.2. The van der Waals surface area contributed by atoms with Crippen LogP contribution in [-0.2, 0) is 17.6 Å². The monoisotopic (exact) mass is 423 g/mol. The molecule has 3 aromatic rings. The van der Waals surface area contributed by atoms with Gasteiger partial charge in [0.1, 0.15) is 0 Å². The van der Waals surface area contributed by atoms with Crippen LogP contribution in [0.15, 0.2) is 48.5 Å². The molecule has 8 heteroatoms. The largest absolute Gasteiger partial charge is 0.465 e. The highest BCUT2D eigenvalue weighted by Crippen LogP contribution is 2.37. The number of nitrogens with zero attached hydrogens (tertiary/aromatic N) is 1. The molecule has 2 aromatic carbocycles. The number of hydrogen-bond acceptors (Lipinski definition) is 6. The molecule has 0 saturated heterocycles. The fraction of sp³-hybridized carbons (Fsp3) is 0.143. The van der Waals surface area contributed by atoms with E-state index in [1.165, 1.54) is 29.7 Å². The van der Waals surface area contributed by atoms with Gasteiger partial charge in [0, 0.05) is 16.0 Å². The van der Waals surface area contributed by atoms with Crippen LogP contribution in [-0.4, -0.2) is 29.1 Å². The molecule has 0 bridgehead atoms. The molecule has 0 spiro atoms. The molecule has 1 amide bonds. The molecule has 1 heterocycles. The molecule has 1 aliphatic rings. The molecule has 0 radical (unpaired) electrons. The predicted octanol–water partition coefficient (Wildman–Crippen LogP) is 3.82. The summed E-state index contributed by atoms with van der Waals surface area (Å²) in [5, 5.41) is 6.46. The average Bonchev–Trinajstić information content (AvgIpc) is 3.16. The maximum Gasteiger partial charge on any atom is 0.337 e. The quantitative estimate of drug-likeness (QED) is 0.492. The molecule has 0 aliphatic heterocycles. The number of esters is 1. The van der Waals surface area contributed by atoms with Crippen molar-refractivity contribution in [3.63, 3.8) is 0 Å². The minimum Gasteiger partial charge on any atom is -0.465 e. The van der Waals surface area contributed by atoms with Crippen LogP contribution in [0.1, 0.15) is 31.2 Å². The number of rotatable bonds is 3. The summed E-state index contributed by atoms with van der Waals surface area (Å²) in [5.74, 6) is -0.825. The van der Waals surface area contributed by atoms with E-state index >= 15 is 0 Å². The van der Waals surface area contributed by atoms with Gasteiger partial charge >= 0.3 is 5.97 Å². The summed E-state index contributed by atoms with van der Waals surface area (Å²) in [6, 6.07) is 14.4. The number of hydrogen-bond donors (Lipinski definition) is 2. The van der Waals surface area contributed by atoms with Crippen LogP contribution in [0.25, 0.3) is 11.3 Å². The zero-order chi connectivity index (χ0) is 20.4. The number of ether oxygens (including phenoxy) is 1. The van der Waals surface area contributed by atoms with Gasteiger partial charge in [-0.1, -0.05) is 24.3 Å². The number of methoxy groups -OCH3 is 1. The fourth-order valence-electron chi connectivity index (χ4n) is 3.18. The lowest BCUT2D eigenvalue weighted by molar-refractivity contribution is 0.0600. The van der Waals surface area contributed by atoms with Gasteiger partial charge in [-0.05, 0) is 54.9 Å². The summed E-state index contributed by atoms with van der Waals surface area (Å²) in [6.45, 7) is 0. The molecule has 1 aromatic heterocycles. The second-order valence-electron chi connectivity index (χ2n) is 6.43. The van der Waals surface area contributed by atoms with E-state index in [0.29, 0.717) is 16.3 Å². The lowest BCUT2D eigenvalue weighted by Crippen LogP contribution is -2.34. The van der Waals surface area contributed by atoms with Crippen LogP contribution in [0, 0.1) is 0 Å². The van der Waals surface area contributed by atoms with Gasteiger partial charge in [-0.15, -0.1) is 11.3 Å². The van der Waals surface area contributed by atoms with Crippen LogP contribution < -0.4 is 10.6 Å². The van der Waals surface area contributed by atoms with Crippen LogP contribution in [0.5, 0.6) is 0 Å². The topological polar surface area (TPSA) is 80.3 Å². The van der Waals surface area contributed by atoms with Gasteiger partial charge in [0.05, 0.1) is 18.4 Å². The molecule has 4 rings (SSSR count). The fourth-order valence-corrected chi connectivity index (χ4v) is 4.42. The highest BCUT2D eigenvalue weighted by molar-refractivity contribution is 7.80. The summed E-state index contributed by atoms with van der Waals surface area (Å²) in [4.78, 5) is 29.7. The second kappa shape index (κ2) is 8.10. The van der Waals surface area contributed by atoms with Crippen molar-refractivity contribution in [1.82, 2.24) is 10.3 Å².